The molecule has 0 aliphatic carbocycles. The lowest BCUT2D eigenvalue weighted by Crippen LogP contribution is -2.53. The van der Waals surface area contributed by atoms with Crippen LogP contribution in [0.25, 0.3) is 0 Å². The van der Waals surface area contributed by atoms with Gasteiger partial charge >= 0.3 is 0 Å². The van der Waals surface area contributed by atoms with Crippen molar-refractivity contribution in [3.05, 3.63) is 34.9 Å². The van der Waals surface area contributed by atoms with Gasteiger partial charge in [-0.1, -0.05) is 23.7 Å². The zero-order valence-corrected chi connectivity index (χ0v) is 19.0. The average Bonchev–Trinajstić information content (AvgIpc) is 2.65. The summed E-state index contributed by atoms with van der Waals surface area (Å²) in [5, 5.41) is 6.68. The second-order valence-electron chi connectivity index (χ2n) is 6.13. The van der Waals surface area contributed by atoms with Crippen molar-refractivity contribution in [2.75, 3.05) is 60.0 Å². The van der Waals surface area contributed by atoms with Gasteiger partial charge in [-0.25, -0.2) is 0 Å². The predicted octanol–water partition coefficient (Wildman–Crippen LogP) is 1.41. The number of rotatable bonds is 7. The summed E-state index contributed by atoms with van der Waals surface area (Å²) in [5.74, 6) is 0.697. The number of halogens is 2. The van der Waals surface area contributed by atoms with E-state index in [4.69, 9.17) is 16.3 Å². The molecule has 1 aromatic rings. The number of methoxy groups -OCH3 is 1. The molecular formula is C18H29ClIN5O2. The van der Waals surface area contributed by atoms with E-state index in [1.54, 1.807) is 14.2 Å². The molecule has 0 bridgehead atoms. The molecular weight excluding hydrogens is 481 g/mol. The number of hydrogen-bond donors (Lipinski definition) is 2. The van der Waals surface area contributed by atoms with Crippen LogP contribution in [0.15, 0.2) is 29.3 Å². The maximum atomic E-state index is 11.8. The molecule has 27 heavy (non-hydrogen) atoms. The van der Waals surface area contributed by atoms with Crippen molar-refractivity contribution in [1.82, 2.24) is 20.4 Å². The first-order valence-electron chi connectivity index (χ1n) is 8.80. The van der Waals surface area contributed by atoms with E-state index in [2.05, 4.69) is 37.6 Å². The highest BCUT2D eigenvalue weighted by Gasteiger charge is 2.20. The van der Waals surface area contributed by atoms with Crippen LogP contribution in [0.4, 0.5) is 0 Å². The Hall–Kier alpha value is -1.10. The number of hydrogen-bond acceptors (Lipinski definition) is 4. The molecule has 152 valence electrons. The van der Waals surface area contributed by atoms with Gasteiger partial charge in [0.1, 0.15) is 0 Å². The van der Waals surface area contributed by atoms with Crippen LogP contribution in [0.5, 0.6) is 0 Å². The van der Waals surface area contributed by atoms with Gasteiger partial charge in [0.15, 0.2) is 5.96 Å². The Kier molecular flexibility index (Phi) is 11.7. The molecule has 1 aliphatic rings. The molecule has 1 heterocycles. The summed E-state index contributed by atoms with van der Waals surface area (Å²) in [4.78, 5) is 20.7. The fraction of sp³-hybridized carbons (Fsp3) is 0.556. The third-order valence-electron chi connectivity index (χ3n) is 4.24. The van der Waals surface area contributed by atoms with Crippen molar-refractivity contribution in [2.45, 2.75) is 6.54 Å². The summed E-state index contributed by atoms with van der Waals surface area (Å²) >= 11 is 5.94. The fourth-order valence-electron chi connectivity index (χ4n) is 2.81. The van der Waals surface area contributed by atoms with Crippen molar-refractivity contribution in [3.63, 3.8) is 0 Å². The van der Waals surface area contributed by atoms with Gasteiger partial charge in [0.05, 0.1) is 13.2 Å². The Labute approximate surface area is 183 Å². The molecule has 9 heteroatoms. The van der Waals surface area contributed by atoms with Gasteiger partial charge in [0.2, 0.25) is 5.91 Å². The SMILES string of the molecule is CN=C(NCC(=O)NCCOC)N1CCN(Cc2ccc(Cl)cc2)CC1.I. The molecule has 1 saturated heterocycles. The molecule has 0 saturated carbocycles. The molecule has 0 unspecified atom stereocenters. The lowest BCUT2D eigenvalue weighted by atomic mass is 10.2. The van der Waals surface area contributed by atoms with Crippen LogP contribution in [-0.4, -0.2) is 81.7 Å². The molecule has 2 rings (SSSR count). The summed E-state index contributed by atoms with van der Waals surface area (Å²) < 4.78 is 4.91. The molecule has 0 radical (unpaired) electrons. The summed E-state index contributed by atoms with van der Waals surface area (Å²) in [7, 11) is 3.35. The van der Waals surface area contributed by atoms with Crippen molar-refractivity contribution in [1.29, 1.82) is 0 Å². The maximum Gasteiger partial charge on any atom is 0.239 e. The van der Waals surface area contributed by atoms with Crippen LogP contribution >= 0.6 is 35.6 Å². The van der Waals surface area contributed by atoms with Gasteiger partial charge in [0.25, 0.3) is 0 Å². The minimum atomic E-state index is -0.0652. The van der Waals surface area contributed by atoms with Gasteiger partial charge in [-0.2, -0.15) is 0 Å². The highest BCUT2D eigenvalue weighted by Crippen LogP contribution is 2.13. The standard InChI is InChI=1S/C18H28ClN5O2.HI/c1-20-18(22-13-17(25)21-7-12-26-2)24-10-8-23(9-11-24)14-15-3-5-16(19)6-4-15;/h3-6H,7-14H2,1-2H3,(H,20,22)(H,21,25);1H. The number of carbonyl (C=O) groups is 1. The first kappa shape index (κ1) is 23.9. The zero-order chi connectivity index (χ0) is 18.8. The fourth-order valence-corrected chi connectivity index (χ4v) is 2.94. The highest BCUT2D eigenvalue weighted by molar-refractivity contribution is 14.0. The van der Waals surface area contributed by atoms with E-state index in [-0.39, 0.29) is 36.4 Å². The quantitative estimate of drug-likeness (QED) is 0.252. The lowest BCUT2D eigenvalue weighted by molar-refractivity contribution is -0.120. The molecule has 1 amide bonds. The summed E-state index contributed by atoms with van der Waals surface area (Å²) in [5.41, 5.74) is 1.26. The smallest absolute Gasteiger partial charge is 0.239 e. The number of guanidine groups is 1. The first-order chi connectivity index (χ1) is 12.6. The lowest BCUT2D eigenvalue weighted by Gasteiger charge is -2.36. The van der Waals surface area contributed by atoms with Crippen molar-refractivity contribution >= 4 is 47.4 Å². The summed E-state index contributed by atoms with van der Waals surface area (Å²) in [6.07, 6.45) is 0. The minimum Gasteiger partial charge on any atom is -0.383 e. The number of aliphatic imine (C=N–C) groups is 1. The Morgan fingerprint density at radius 3 is 2.44 bits per heavy atom. The molecule has 0 aromatic heterocycles. The van der Waals surface area contributed by atoms with Crippen LogP contribution in [0.2, 0.25) is 5.02 Å². The molecule has 7 nitrogen and oxygen atoms in total. The van der Waals surface area contributed by atoms with E-state index in [0.29, 0.717) is 13.2 Å². The van der Waals surface area contributed by atoms with Crippen LogP contribution < -0.4 is 10.6 Å². The number of amides is 1. The number of nitrogens with zero attached hydrogens (tertiary/aromatic N) is 3. The van der Waals surface area contributed by atoms with E-state index in [1.807, 2.05) is 12.1 Å². The van der Waals surface area contributed by atoms with Gasteiger partial charge in [-0.3, -0.25) is 14.7 Å². The predicted molar refractivity (Wildman–Crippen MR) is 120 cm³/mol. The van der Waals surface area contributed by atoms with E-state index in [9.17, 15) is 4.79 Å². The largest absolute Gasteiger partial charge is 0.383 e. The molecule has 0 spiro atoms. The highest BCUT2D eigenvalue weighted by atomic mass is 127. The number of ether oxygens (including phenoxy) is 1. The second kappa shape index (κ2) is 13.1. The number of carbonyl (C=O) groups excluding carboxylic acids is 1. The second-order valence-corrected chi connectivity index (χ2v) is 6.57. The van der Waals surface area contributed by atoms with E-state index < -0.39 is 0 Å². The Bertz CT molecular complexity index is 592. The summed E-state index contributed by atoms with van der Waals surface area (Å²) in [6, 6.07) is 7.99. The topological polar surface area (TPSA) is 69.2 Å². The van der Waals surface area contributed by atoms with Crippen LogP contribution in [0.1, 0.15) is 5.56 Å². The summed E-state index contributed by atoms with van der Waals surface area (Å²) in [6.45, 7) is 5.79. The normalized spacial score (nSPS) is 15.2. The minimum absolute atomic E-state index is 0. The van der Waals surface area contributed by atoms with Crippen LogP contribution in [0.3, 0.4) is 0 Å². The third kappa shape index (κ3) is 8.63. The Morgan fingerprint density at radius 2 is 1.85 bits per heavy atom. The van der Waals surface area contributed by atoms with E-state index >= 15 is 0 Å². The van der Waals surface area contributed by atoms with Gasteiger partial charge in [-0.15, -0.1) is 24.0 Å². The number of nitrogens with one attached hydrogen (secondary N) is 2. The van der Waals surface area contributed by atoms with Gasteiger partial charge in [0, 0.05) is 58.4 Å². The first-order valence-corrected chi connectivity index (χ1v) is 9.18. The third-order valence-corrected chi connectivity index (χ3v) is 4.49. The van der Waals surface area contributed by atoms with Crippen molar-refractivity contribution < 1.29 is 9.53 Å². The van der Waals surface area contributed by atoms with Crippen molar-refractivity contribution in [3.8, 4) is 0 Å². The number of benzene rings is 1. The zero-order valence-electron chi connectivity index (χ0n) is 15.9. The Morgan fingerprint density at radius 1 is 1.19 bits per heavy atom. The van der Waals surface area contributed by atoms with E-state index in [0.717, 1.165) is 43.7 Å². The average molecular weight is 510 g/mol. The van der Waals surface area contributed by atoms with Crippen molar-refractivity contribution in [2.24, 2.45) is 4.99 Å². The van der Waals surface area contributed by atoms with Crippen LogP contribution in [-0.2, 0) is 16.1 Å². The maximum absolute atomic E-state index is 11.8. The monoisotopic (exact) mass is 509 g/mol. The van der Waals surface area contributed by atoms with Gasteiger partial charge in [-0.05, 0) is 17.7 Å². The molecule has 1 aromatic carbocycles. The molecule has 1 fully saturated rings. The molecule has 0 atom stereocenters. The number of piperazine rings is 1. The molecule has 1 aliphatic heterocycles. The van der Waals surface area contributed by atoms with Gasteiger partial charge < -0.3 is 20.3 Å². The Balaban J connectivity index is 0.00000364. The van der Waals surface area contributed by atoms with E-state index in [1.165, 1.54) is 5.56 Å². The van der Waals surface area contributed by atoms with Crippen LogP contribution in [0, 0.1) is 0 Å². The molecule has 2 N–H and O–H groups in total.